The van der Waals surface area contributed by atoms with Crippen molar-refractivity contribution in [2.24, 2.45) is 0 Å². The summed E-state index contributed by atoms with van der Waals surface area (Å²) in [6.07, 6.45) is -2.56. The van der Waals surface area contributed by atoms with Crippen LogP contribution in [0.1, 0.15) is 5.56 Å². The zero-order valence-electron chi connectivity index (χ0n) is 12.1. The lowest BCUT2D eigenvalue weighted by Gasteiger charge is -2.34. The minimum Gasteiger partial charge on any atom is -0.394 e. The Morgan fingerprint density at radius 3 is 2.52 bits per heavy atom. The van der Waals surface area contributed by atoms with Gasteiger partial charge in [0.1, 0.15) is 24.1 Å². The molecule has 0 saturated carbocycles. The largest absolute Gasteiger partial charge is 0.394 e. The molecule has 1 fully saturated rings. The van der Waals surface area contributed by atoms with E-state index in [1.165, 1.54) is 12.3 Å². The lowest BCUT2D eigenvalue weighted by Crippen LogP contribution is -2.51. The molecule has 1 aliphatic rings. The number of aromatic nitrogens is 2. The first kappa shape index (κ1) is 15.6. The maximum atomic E-state index is 12.3. The number of nitrogen functional groups attached to an aromatic ring is 1. The van der Waals surface area contributed by atoms with Gasteiger partial charge in [-0.1, -0.05) is 30.3 Å². The fourth-order valence-electron chi connectivity index (χ4n) is 2.87. The smallest absolute Gasteiger partial charge is 0.352 e. The monoisotopic (exact) mass is 319 g/mol. The molecule has 2 heterocycles. The molecule has 0 radical (unpaired) electrons. The lowest BCUT2D eigenvalue weighted by molar-refractivity contribution is -0.120. The van der Waals surface area contributed by atoms with E-state index in [1.54, 1.807) is 30.3 Å². The normalized spacial score (nSPS) is 30.5. The Bertz CT molecular complexity index is 750. The predicted octanol–water partition coefficient (Wildman–Crippen LogP) is -1.36. The van der Waals surface area contributed by atoms with E-state index in [2.05, 4.69) is 4.98 Å². The van der Waals surface area contributed by atoms with Crippen LogP contribution >= 0.6 is 0 Å². The number of aliphatic hydroxyl groups is 3. The van der Waals surface area contributed by atoms with Crippen LogP contribution in [0, 0.1) is 0 Å². The van der Waals surface area contributed by atoms with Gasteiger partial charge in [-0.2, -0.15) is 4.98 Å². The lowest BCUT2D eigenvalue weighted by atomic mass is 9.94. The average molecular weight is 319 g/mol. The van der Waals surface area contributed by atoms with Gasteiger partial charge in [0.15, 0.2) is 0 Å². The summed E-state index contributed by atoms with van der Waals surface area (Å²) in [7, 11) is 0. The summed E-state index contributed by atoms with van der Waals surface area (Å²) >= 11 is 0. The Kier molecular flexibility index (Phi) is 3.90. The van der Waals surface area contributed by atoms with Crippen molar-refractivity contribution in [1.29, 1.82) is 0 Å². The first-order valence-electron chi connectivity index (χ1n) is 7.06. The highest BCUT2D eigenvalue weighted by atomic mass is 16.6. The van der Waals surface area contributed by atoms with Gasteiger partial charge in [-0.3, -0.25) is 4.57 Å². The second-order valence-corrected chi connectivity index (χ2v) is 5.34. The molecule has 122 valence electrons. The van der Waals surface area contributed by atoms with Crippen LogP contribution in [0.3, 0.4) is 0 Å². The number of aliphatic hydroxyl groups excluding tert-OH is 3. The van der Waals surface area contributed by atoms with Crippen molar-refractivity contribution in [2.75, 3.05) is 12.3 Å². The van der Waals surface area contributed by atoms with Crippen LogP contribution in [-0.4, -0.2) is 49.8 Å². The average Bonchev–Trinajstić information content (AvgIpc) is 2.81. The van der Waals surface area contributed by atoms with E-state index in [0.29, 0.717) is 5.56 Å². The molecular formula is C15H17N3O5. The van der Waals surface area contributed by atoms with Crippen LogP contribution < -0.4 is 11.4 Å². The zero-order valence-corrected chi connectivity index (χ0v) is 12.1. The third-order valence-electron chi connectivity index (χ3n) is 3.99. The molecule has 0 spiro atoms. The minimum absolute atomic E-state index is 0.0289. The van der Waals surface area contributed by atoms with E-state index in [4.69, 9.17) is 10.5 Å². The van der Waals surface area contributed by atoms with Gasteiger partial charge in [0, 0.05) is 11.8 Å². The molecule has 8 heteroatoms. The van der Waals surface area contributed by atoms with Crippen molar-refractivity contribution in [3.8, 4) is 0 Å². The molecule has 1 aromatic carbocycles. The van der Waals surface area contributed by atoms with Gasteiger partial charge in [0.2, 0.25) is 5.72 Å². The third kappa shape index (κ3) is 2.32. The molecule has 23 heavy (non-hydrogen) atoms. The minimum atomic E-state index is -1.70. The Morgan fingerprint density at radius 2 is 1.96 bits per heavy atom. The molecule has 1 saturated heterocycles. The zero-order chi connectivity index (χ0) is 16.6. The standard InChI is InChI=1S/C15H17N3O5/c16-11-6-7-18(14(22)17-11)15(9-4-2-1-3-5-9)13(21)12(20)10(8-19)23-15/h1-7,10,12-13,19-21H,8H2,(H2,16,17,22)/t10-,12-,13-,15-/m1/s1. The SMILES string of the molecule is Nc1ccn([C@]2(c3ccccc3)O[C@H](CO)[C@@H](O)[C@H]2O)c(=O)n1. The van der Waals surface area contributed by atoms with Crippen LogP contribution in [0.4, 0.5) is 5.82 Å². The van der Waals surface area contributed by atoms with E-state index in [9.17, 15) is 20.1 Å². The molecule has 4 atom stereocenters. The van der Waals surface area contributed by atoms with Crippen molar-refractivity contribution >= 4 is 5.82 Å². The van der Waals surface area contributed by atoms with E-state index in [-0.39, 0.29) is 5.82 Å². The maximum absolute atomic E-state index is 12.3. The number of ether oxygens (including phenoxy) is 1. The summed E-state index contributed by atoms with van der Waals surface area (Å²) in [5.41, 5.74) is 3.51. The number of benzene rings is 1. The number of hydrogen-bond acceptors (Lipinski definition) is 7. The second-order valence-electron chi connectivity index (χ2n) is 5.34. The molecule has 3 rings (SSSR count). The molecular weight excluding hydrogens is 302 g/mol. The van der Waals surface area contributed by atoms with Crippen LogP contribution in [0.25, 0.3) is 0 Å². The maximum Gasteiger partial charge on any atom is 0.352 e. The number of nitrogens with zero attached hydrogens (tertiary/aromatic N) is 2. The van der Waals surface area contributed by atoms with E-state index < -0.39 is 36.3 Å². The van der Waals surface area contributed by atoms with Crippen molar-refractivity contribution in [3.05, 3.63) is 58.6 Å². The first-order chi connectivity index (χ1) is 11.0. The van der Waals surface area contributed by atoms with Crippen molar-refractivity contribution in [3.63, 3.8) is 0 Å². The Hall–Kier alpha value is -2.26. The van der Waals surface area contributed by atoms with Crippen molar-refractivity contribution in [1.82, 2.24) is 9.55 Å². The van der Waals surface area contributed by atoms with Crippen molar-refractivity contribution < 1.29 is 20.1 Å². The highest BCUT2D eigenvalue weighted by molar-refractivity contribution is 5.30. The van der Waals surface area contributed by atoms with Gasteiger partial charge in [0.25, 0.3) is 0 Å². The summed E-state index contributed by atoms with van der Waals surface area (Å²) in [4.78, 5) is 15.9. The van der Waals surface area contributed by atoms with Crippen molar-refractivity contribution in [2.45, 2.75) is 24.0 Å². The van der Waals surface area contributed by atoms with E-state index in [0.717, 1.165) is 4.57 Å². The Morgan fingerprint density at radius 1 is 1.26 bits per heavy atom. The molecule has 0 bridgehead atoms. The van der Waals surface area contributed by atoms with Crippen LogP contribution in [0.5, 0.6) is 0 Å². The topological polar surface area (TPSA) is 131 Å². The molecule has 5 N–H and O–H groups in total. The number of nitrogens with two attached hydrogens (primary N) is 1. The Labute approximate surface area is 131 Å². The van der Waals surface area contributed by atoms with Crippen LogP contribution in [-0.2, 0) is 10.5 Å². The molecule has 2 aromatic rings. The highest BCUT2D eigenvalue weighted by Gasteiger charge is 2.57. The third-order valence-corrected chi connectivity index (χ3v) is 3.99. The van der Waals surface area contributed by atoms with Crippen LogP contribution in [0.2, 0.25) is 0 Å². The predicted molar refractivity (Wildman–Crippen MR) is 80.4 cm³/mol. The molecule has 1 aliphatic heterocycles. The summed E-state index contributed by atoms with van der Waals surface area (Å²) in [5.74, 6) is 0.0289. The Balaban J connectivity index is 2.26. The van der Waals surface area contributed by atoms with Gasteiger partial charge in [-0.25, -0.2) is 4.79 Å². The number of anilines is 1. The number of hydrogen-bond donors (Lipinski definition) is 4. The van der Waals surface area contributed by atoms with Gasteiger partial charge >= 0.3 is 5.69 Å². The summed E-state index contributed by atoms with van der Waals surface area (Å²) in [6.45, 7) is -0.510. The summed E-state index contributed by atoms with van der Waals surface area (Å²) in [6, 6.07) is 9.88. The molecule has 0 aliphatic carbocycles. The molecule has 8 nitrogen and oxygen atoms in total. The van der Waals surface area contributed by atoms with Gasteiger partial charge < -0.3 is 25.8 Å². The quantitative estimate of drug-likeness (QED) is 0.549. The van der Waals surface area contributed by atoms with Gasteiger partial charge in [0.05, 0.1) is 6.61 Å². The first-order valence-corrected chi connectivity index (χ1v) is 7.06. The molecule has 1 aromatic heterocycles. The number of rotatable bonds is 3. The fourth-order valence-corrected chi connectivity index (χ4v) is 2.87. The highest BCUT2D eigenvalue weighted by Crippen LogP contribution is 2.40. The van der Waals surface area contributed by atoms with Gasteiger partial charge in [-0.05, 0) is 6.07 Å². The fraction of sp³-hybridized carbons (Fsp3) is 0.333. The molecule has 0 unspecified atom stereocenters. The summed E-state index contributed by atoms with van der Waals surface area (Å²) < 4.78 is 6.82. The van der Waals surface area contributed by atoms with Gasteiger partial charge in [-0.15, -0.1) is 0 Å². The summed E-state index contributed by atoms with van der Waals surface area (Å²) in [5, 5.41) is 30.1. The van der Waals surface area contributed by atoms with E-state index in [1.807, 2.05) is 0 Å². The van der Waals surface area contributed by atoms with Crippen LogP contribution in [0.15, 0.2) is 47.4 Å². The molecule has 0 amide bonds. The second kappa shape index (κ2) is 5.74. The van der Waals surface area contributed by atoms with E-state index >= 15 is 0 Å².